The second kappa shape index (κ2) is 10.2. The second-order valence-corrected chi connectivity index (χ2v) is 6.12. The van der Waals surface area contributed by atoms with Gasteiger partial charge in [0.25, 0.3) is 0 Å². The molecule has 0 radical (unpaired) electrons. The van der Waals surface area contributed by atoms with Gasteiger partial charge in [-0.25, -0.2) is 0 Å². The number of hydrogen-bond acceptors (Lipinski definition) is 6. The number of nitrogens with one attached hydrogen (secondary N) is 1. The molecule has 7 nitrogen and oxygen atoms in total. The molecule has 0 fully saturated rings. The Bertz CT molecular complexity index is 789. The first-order valence-electron chi connectivity index (χ1n) is 8.90. The molecular weight excluding hydrogens is 346 g/mol. The van der Waals surface area contributed by atoms with E-state index in [9.17, 15) is 10.1 Å². The maximum absolute atomic E-state index is 11.5. The van der Waals surface area contributed by atoms with E-state index in [1.54, 1.807) is 6.07 Å². The molecule has 0 saturated carbocycles. The maximum atomic E-state index is 11.5. The Morgan fingerprint density at radius 3 is 2.59 bits per heavy atom. The minimum Gasteiger partial charge on any atom is -0.493 e. The van der Waals surface area contributed by atoms with Crippen LogP contribution in [0.5, 0.6) is 11.5 Å². The summed E-state index contributed by atoms with van der Waals surface area (Å²) in [5.74, 6) is 0.472. The van der Waals surface area contributed by atoms with Gasteiger partial charge in [0, 0.05) is 11.6 Å². The largest absolute Gasteiger partial charge is 0.493 e. The summed E-state index contributed by atoms with van der Waals surface area (Å²) in [5, 5.41) is 15.6. The first kappa shape index (κ1) is 20.2. The minimum absolute atomic E-state index is 0.136. The predicted molar refractivity (Wildman–Crippen MR) is 107 cm³/mol. The Hall–Kier alpha value is -3.09. The molecule has 0 aliphatic heterocycles. The molecule has 0 bridgehead atoms. The van der Waals surface area contributed by atoms with E-state index < -0.39 is 4.92 Å². The van der Waals surface area contributed by atoms with E-state index in [-0.39, 0.29) is 11.4 Å². The van der Waals surface area contributed by atoms with Gasteiger partial charge >= 0.3 is 5.69 Å². The lowest BCUT2D eigenvalue weighted by Gasteiger charge is -2.11. The van der Waals surface area contributed by atoms with Gasteiger partial charge in [0.05, 0.1) is 30.5 Å². The molecule has 2 aromatic carbocycles. The molecule has 0 spiro atoms. The monoisotopic (exact) mass is 371 g/mol. The Kier molecular flexibility index (Phi) is 7.61. The van der Waals surface area contributed by atoms with Gasteiger partial charge in [-0.1, -0.05) is 37.5 Å². The molecule has 0 aliphatic carbocycles. The van der Waals surface area contributed by atoms with Gasteiger partial charge in [-0.15, -0.1) is 0 Å². The number of unbranched alkanes of at least 4 members (excludes halogenated alkanes) is 2. The number of nitro groups is 1. The van der Waals surface area contributed by atoms with Crippen molar-refractivity contribution in [2.45, 2.75) is 33.1 Å². The fourth-order valence-corrected chi connectivity index (χ4v) is 2.45. The van der Waals surface area contributed by atoms with E-state index in [4.69, 9.17) is 9.47 Å². The summed E-state index contributed by atoms with van der Waals surface area (Å²) in [7, 11) is 1.46. The van der Waals surface area contributed by atoms with Gasteiger partial charge in [0.1, 0.15) is 0 Å². The van der Waals surface area contributed by atoms with Crippen LogP contribution in [0.15, 0.2) is 41.5 Å². The number of hydrogen-bond donors (Lipinski definition) is 1. The molecule has 7 heteroatoms. The van der Waals surface area contributed by atoms with Crippen molar-refractivity contribution < 1.29 is 14.4 Å². The first-order valence-corrected chi connectivity index (χ1v) is 8.90. The molecule has 144 valence electrons. The third-order valence-electron chi connectivity index (χ3n) is 3.93. The van der Waals surface area contributed by atoms with Crippen molar-refractivity contribution in [1.29, 1.82) is 0 Å². The van der Waals surface area contributed by atoms with Crippen molar-refractivity contribution >= 4 is 17.6 Å². The van der Waals surface area contributed by atoms with Crippen molar-refractivity contribution in [3.05, 3.63) is 57.6 Å². The molecule has 0 unspecified atom stereocenters. The Morgan fingerprint density at radius 1 is 1.22 bits per heavy atom. The summed E-state index contributed by atoms with van der Waals surface area (Å²) in [4.78, 5) is 11.0. The van der Waals surface area contributed by atoms with Crippen LogP contribution in [-0.2, 0) is 0 Å². The van der Waals surface area contributed by atoms with Crippen molar-refractivity contribution in [1.82, 2.24) is 0 Å². The van der Waals surface area contributed by atoms with Crippen LogP contribution in [0.3, 0.4) is 0 Å². The van der Waals surface area contributed by atoms with Gasteiger partial charge in [0.2, 0.25) is 5.75 Å². The lowest BCUT2D eigenvalue weighted by molar-refractivity contribution is -0.386. The number of nitrogens with zero attached hydrogens (tertiary/aromatic N) is 2. The molecular formula is C20H25N3O4. The lowest BCUT2D eigenvalue weighted by atomic mass is 10.2. The summed E-state index contributed by atoms with van der Waals surface area (Å²) in [6.07, 6.45) is 4.40. The number of ether oxygens (including phenoxy) is 2. The van der Waals surface area contributed by atoms with Gasteiger partial charge in [0.15, 0.2) is 5.75 Å². The highest BCUT2D eigenvalue weighted by molar-refractivity contribution is 5.83. The molecule has 0 aromatic heterocycles. The third-order valence-corrected chi connectivity index (χ3v) is 3.93. The van der Waals surface area contributed by atoms with E-state index >= 15 is 0 Å². The van der Waals surface area contributed by atoms with Crippen molar-refractivity contribution in [3.8, 4) is 11.5 Å². The zero-order chi connectivity index (χ0) is 19.6. The molecule has 0 saturated heterocycles. The molecule has 0 aliphatic rings. The fourth-order valence-electron chi connectivity index (χ4n) is 2.45. The smallest absolute Gasteiger partial charge is 0.315 e. The standard InChI is InChI=1S/C20H25N3O4/c1-4-5-6-11-27-20-18(23(24)25)12-16(13-19(20)26-3)14-21-22-17-9-7-15(2)8-10-17/h7-10,12-14,22H,4-6,11H2,1-3H3/b21-14+. The van der Waals surface area contributed by atoms with Crippen molar-refractivity contribution in [3.63, 3.8) is 0 Å². The zero-order valence-corrected chi connectivity index (χ0v) is 15.9. The van der Waals surface area contributed by atoms with Gasteiger partial charge in [-0.2, -0.15) is 5.10 Å². The molecule has 0 heterocycles. The van der Waals surface area contributed by atoms with Crippen LogP contribution < -0.4 is 14.9 Å². The van der Waals surface area contributed by atoms with E-state index in [0.717, 1.165) is 30.5 Å². The summed E-state index contributed by atoms with van der Waals surface area (Å²) < 4.78 is 10.9. The summed E-state index contributed by atoms with van der Waals surface area (Å²) in [6, 6.07) is 10.8. The summed E-state index contributed by atoms with van der Waals surface area (Å²) in [5.41, 5.74) is 5.28. The average molecular weight is 371 g/mol. The predicted octanol–water partition coefficient (Wildman–Crippen LogP) is 4.93. The molecule has 27 heavy (non-hydrogen) atoms. The topological polar surface area (TPSA) is 86.0 Å². The second-order valence-electron chi connectivity index (χ2n) is 6.12. The van der Waals surface area contributed by atoms with Crippen LogP contribution in [0.1, 0.15) is 37.3 Å². The van der Waals surface area contributed by atoms with Crippen LogP contribution in [0, 0.1) is 17.0 Å². The Labute approximate surface area is 159 Å². The molecule has 0 atom stereocenters. The van der Waals surface area contributed by atoms with Gasteiger partial charge in [-0.05, 0) is 31.5 Å². The average Bonchev–Trinajstić information content (AvgIpc) is 2.66. The SMILES string of the molecule is CCCCCOc1c(OC)cc(/C=N/Nc2ccc(C)cc2)cc1[N+](=O)[O-]. The van der Waals surface area contributed by atoms with Gasteiger partial charge in [-0.3, -0.25) is 15.5 Å². The zero-order valence-electron chi connectivity index (χ0n) is 15.9. The summed E-state index contributed by atoms with van der Waals surface area (Å²) in [6.45, 7) is 4.50. The van der Waals surface area contributed by atoms with Crippen LogP contribution in [-0.4, -0.2) is 24.9 Å². The number of anilines is 1. The lowest BCUT2D eigenvalue weighted by Crippen LogP contribution is -2.04. The third kappa shape index (κ3) is 5.99. The Morgan fingerprint density at radius 2 is 1.96 bits per heavy atom. The highest BCUT2D eigenvalue weighted by atomic mass is 16.6. The van der Waals surface area contributed by atoms with Gasteiger partial charge < -0.3 is 9.47 Å². The van der Waals surface area contributed by atoms with E-state index in [0.29, 0.717) is 17.9 Å². The molecule has 2 aromatic rings. The van der Waals surface area contributed by atoms with Crippen LogP contribution >= 0.6 is 0 Å². The number of benzene rings is 2. The first-order chi connectivity index (χ1) is 13.0. The maximum Gasteiger partial charge on any atom is 0.315 e. The molecule has 2 rings (SSSR count). The van der Waals surface area contributed by atoms with Crippen LogP contribution in [0.4, 0.5) is 11.4 Å². The highest BCUT2D eigenvalue weighted by Crippen LogP contribution is 2.38. The molecule has 0 amide bonds. The van der Waals surface area contributed by atoms with E-state index in [1.165, 1.54) is 19.4 Å². The molecule has 1 N–H and O–H groups in total. The number of rotatable bonds is 10. The number of methoxy groups -OCH3 is 1. The number of aryl methyl sites for hydroxylation is 1. The van der Waals surface area contributed by atoms with Crippen molar-refractivity contribution in [2.24, 2.45) is 5.10 Å². The Balaban J connectivity index is 2.18. The van der Waals surface area contributed by atoms with E-state index in [2.05, 4.69) is 17.5 Å². The van der Waals surface area contributed by atoms with Crippen LogP contribution in [0.25, 0.3) is 0 Å². The summed E-state index contributed by atoms with van der Waals surface area (Å²) >= 11 is 0. The quantitative estimate of drug-likeness (QED) is 0.277. The fraction of sp³-hybridized carbons (Fsp3) is 0.350. The van der Waals surface area contributed by atoms with E-state index in [1.807, 2.05) is 31.2 Å². The number of nitro benzene ring substituents is 1. The minimum atomic E-state index is -0.470. The van der Waals surface area contributed by atoms with Crippen LogP contribution in [0.2, 0.25) is 0 Å². The van der Waals surface area contributed by atoms with Crippen molar-refractivity contribution in [2.75, 3.05) is 19.1 Å². The number of hydrazone groups is 1. The highest BCUT2D eigenvalue weighted by Gasteiger charge is 2.22. The normalized spacial score (nSPS) is 10.8.